The highest BCUT2D eigenvalue weighted by atomic mass is 19.1. The van der Waals surface area contributed by atoms with Crippen LogP contribution in [0.4, 0.5) is 4.39 Å². The molecule has 1 amide bonds. The first-order chi connectivity index (χ1) is 7.24. The van der Waals surface area contributed by atoms with Crippen LogP contribution >= 0.6 is 0 Å². The largest absolute Gasteiger partial charge is 0.383 e. The zero-order valence-electron chi connectivity index (χ0n) is 8.50. The number of halogens is 1. The van der Waals surface area contributed by atoms with Gasteiger partial charge in [0, 0.05) is 31.3 Å². The zero-order valence-corrected chi connectivity index (χ0v) is 8.50. The summed E-state index contributed by atoms with van der Waals surface area (Å²) >= 11 is 0. The molecule has 1 aliphatic rings. The van der Waals surface area contributed by atoms with Gasteiger partial charge in [-0.2, -0.15) is 0 Å². The molecule has 4 heteroatoms. The third-order valence-electron chi connectivity index (χ3n) is 2.55. The van der Waals surface area contributed by atoms with Gasteiger partial charge in [0.05, 0.1) is 6.61 Å². The Bertz CT molecular complexity index is 392. The number of fused-ring (bicyclic) bond motifs is 1. The summed E-state index contributed by atoms with van der Waals surface area (Å²) in [6.07, 6.45) is 0. The molecule has 0 fully saturated rings. The Morgan fingerprint density at radius 3 is 3.00 bits per heavy atom. The van der Waals surface area contributed by atoms with Crippen LogP contribution in [0, 0.1) is 5.82 Å². The lowest BCUT2D eigenvalue weighted by atomic mass is 10.1. The van der Waals surface area contributed by atoms with Gasteiger partial charge < -0.3 is 9.64 Å². The summed E-state index contributed by atoms with van der Waals surface area (Å²) in [5.41, 5.74) is 0.977. The van der Waals surface area contributed by atoms with Crippen LogP contribution in [-0.2, 0) is 11.3 Å². The van der Waals surface area contributed by atoms with E-state index in [9.17, 15) is 9.18 Å². The molecule has 0 bridgehead atoms. The fourth-order valence-electron chi connectivity index (χ4n) is 1.73. The standard InChI is InChI=1S/C11H12FNO2/c1-15-6-5-13-7-9-8(11(13)14)3-2-4-10(9)12/h2-4H,5-7H2,1H3. The van der Waals surface area contributed by atoms with Crippen LogP contribution in [0.5, 0.6) is 0 Å². The summed E-state index contributed by atoms with van der Waals surface area (Å²) in [7, 11) is 1.58. The first kappa shape index (κ1) is 10.1. The number of nitrogens with zero attached hydrogens (tertiary/aromatic N) is 1. The van der Waals surface area contributed by atoms with E-state index in [0.29, 0.717) is 30.8 Å². The number of methoxy groups -OCH3 is 1. The lowest BCUT2D eigenvalue weighted by Gasteiger charge is -2.14. The molecule has 0 saturated carbocycles. The first-order valence-electron chi connectivity index (χ1n) is 4.79. The highest BCUT2D eigenvalue weighted by Gasteiger charge is 2.28. The van der Waals surface area contributed by atoms with Crippen molar-refractivity contribution in [1.29, 1.82) is 0 Å². The van der Waals surface area contributed by atoms with Crippen LogP contribution in [0.1, 0.15) is 15.9 Å². The molecule has 0 aliphatic carbocycles. The number of hydrogen-bond donors (Lipinski definition) is 0. The van der Waals surface area contributed by atoms with Crippen LogP contribution < -0.4 is 0 Å². The van der Waals surface area contributed by atoms with E-state index in [1.165, 1.54) is 6.07 Å². The summed E-state index contributed by atoms with van der Waals surface area (Å²) in [6.45, 7) is 1.33. The van der Waals surface area contributed by atoms with Crippen molar-refractivity contribution in [2.75, 3.05) is 20.3 Å². The lowest BCUT2D eigenvalue weighted by Crippen LogP contribution is -2.27. The average Bonchev–Trinajstić information content (AvgIpc) is 2.55. The van der Waals surface area contributed by atoms with Crippen molar-refractivity contribution in [1.82, 2.24) is 4.90 Å². The maximum absolute atomic E-state index is 13.3. The maximum Gasteiger partial charge on any atom is 0.254 e. The van der Waals surface area contributed by atoms with E-state index in [4.69, 9.17) is 4.74 Å². The molecule has 0 N–H and O–H groups in total. The van der Waals surface area contributed by atoms with E-state index in [1.807, 2.05) is 0 Å². The predicted molar refractivity (Wildman–Crippen MR) is 53.0 cm³/mol. The zero-order chi connectivity index (χ0) is 10.8. The van der Waals surface area contributed by atoms with E-state index in [0.717, 1.165) is 0 Å². The number of rotatable bonds is 3. The van der Waals surface area contributed by atoms with Gasteiger partial charge in [0.2, 0.25) is 0 Å². The van der Waals surface area contributed by atoms with E-state index >= 15 is 0 Å². The Kier molecular flexibility index (Phi) is 2.68. The Morgan fingerprint density at radius 2 is 2.33 bits per heavy atom. The molecule has 3 nitrogen and oxygen atoms in total. The minimum atomic E-state index is -0.305. The van der Waals surface area contributed by atoms with E-state index in [-0.39, 0.29) is 11.7 Å². The quantitative estimate of drug-likeness (QED) is 0.753. The number of ether oxygens (including phenoxy) is 1. The van der Waals surface area contributed by atoms with Gasteiger partial charge in [-0.3, -0.25) is 4.79 Å². The van der Waals surface area contributed by atoms with Crippen molar-refractivity contribution in [3.05, 3.63) is 35.1 Å². The normalized spacial score (nSPS) is 14.5. The van der Waals surface area contributed by atoms with Crippen molar-refractivity contribution >= 4 is 5.91 Å². The van der Waals surface area contributed by atoms with Gasteiger partial charge in [0.15, 0.2) is 0 Å². The third kappa shape index (κ3) is 1.72. The van der Waals surface area contributed by atoms with Crippen molar-refractivity contribution in [3.63, 3.8) is 0 Å². The Hall–Kier alpha value is -1.42. The van der Waals surface area contributed by atoms with Gasteiger partial charge >= 0.3 is 0 Å². The summed E-state index contributed by atoms with van der Waals surface area (Å²) < 4.78 is 18.2. The molecule has 0 atom stereocenters. The van der Waals surface area contributed by atoms with E-state index in [1.54, 1.807) is 24.1 Å². The van der Waals surface area contributed by atoms with Gasteiger partial charge in [-0.25, -0.2) is 4.39 Å². The van der Waals surface area contributed by atoms with Crippen LogP contribution in [0.2, 0.25) is 0 Å². The molecule has 0 radical (unpaired) electrons. The minimum absolute atomic E-state index is 0.110. The molecule has 0 unspecified atom stereocenters. The van der Waals surface area contributed by atoms with Crippen LogP contribution in [0.3, 0.4) is 0 Å². The summed E-state index contributed by atoms with van der Waals surface area (Å²) in [6, 6.07) is 4.60. The second-order valence-electron chi connectivity index (χ2n) is 3.49. The van der Waals surface area contributed by atoms with Crippen LogP contribution in [-0.4, -0.2) is 31.1 Å². The highest BCUT2D eigenvalue weighted by Crippen LogP contribution is 2.24. The van der Waals surface area contributed by atoms with Crippen molar-refractivity contribution < 1.29 is 13.9 Å². The molecule has 1 heterocycles. The molecule has 0 aromatic heterocycles. The molecule has 2 rings (SSSR count). The molecule has 1 aliphatic heterocycles. The van der Waals surface area contributed by atoms with Gasteiger partial charge in [-0.05, 0) is 12.1 Å². The smallest absolute Gasteiger partial charge is 0.254 e. The van der Waals surface area contributed by atoms with Crippen molar-refractivity contribution in [2.45, 2.75) is 6.54 Å². The second kappa shape index (κ2) is 3.98. The van der Waals surface area contributed by atoms with Gasteiger partial charge in [0.1, 0.15) is 5.82 Å². The molecule has 1 aromatic rings. The molecule has 1 aromatic carbocycles. The van der Waals surface area contributed by atoms with Crippen LogP contribution in [0.25, 0.3) is 0 Å². The summed E-state index contributed by atoms with van der Waals surface area (Å²) in [4.78, 5) is 13.4. The van der Waals surface area contributed by atoms with Gasteiger partial charge in [0.25, 0.3) is 5.91 Å². The topological polar surface area (TPSA) is 29.5 Å². The van der Waals surface area contributed by atoms with Gasteiger partial charge in [-0.15, -0.1) is 0 Å². The monoisotopic (exact) mass is 209 g/mol. The maximum atomic E-state index is 13.3. The molecule has 15 heavy (non-hydrogen) atoms. The Balaban J connectivity index is 2.22. The number of amides is 1. The first-order valence-corrected chi connectivity index (χ1v) is 4.79. The number of benzene rings is 1. The van der Waals surface area contributed by atoms with E-state index < -0.39 is 0 Å². The van der Waals surface area contributed by atoms with Crippen molar-refractivity contribution in [3.8, 4) is 0 Å². The highest BCUT2D eigenvalue weighted by molar-refractivity contribution is 5.98. The van der Waals surface area contributed by atoms with Crippen LogP contribution in [0.15, 0.2) is 18.2 Å². The molecular weight excluding hydrogens is 197 g/mol. The van der Waals surface area contributed by atoms with E-state index in [2.05, 4.69) is 0 Å². The minimum Gasteiger partial charge on any atom is -0.383 e. The number of carbonyl (C=O) groups excluding carboxylic acids is 1. The summed E-state index contributed by atoms with van der Waals surface area (Å²) in [5, 5.41) is 0. The molecular formula is C11H12FNO2. The fourth-order valence-corrected chi connectivity index (χ4v) is 1.73. The van der Waals surface area contributed by atoms with Crippen molar-refractivity contribution in [2.24, 2.45) is 0 Å². The number of hydrogen-bond acceptors (Lipinski definition) is 2. The fraction of sp³-hybridized carbons (Fsp3) is 0.364. The van der Waals surface area contributed by atoms with Gasteiger partial charge in [-0.1, -0.05) is 6.07 Å². The lowest BCUT2D eigenvalue weighted by molar-refractivity contribution is 0.0719. The second-order valence-corrected chi connectivity index (χ2v) is 3.49. The average molecular weight is 209 g/mol. The number of carbonyl (C=O) groups is 1. The molecule has 80 valence electrons. The molecule has 0 spiro atoms. The Morgan fingerprint density at radius 1 is 1.53 bits per heavy atom. The molecule has 0 saturated heterocycles. The SMILES string of the molecule is COCCN1Cc2c(F)cccc2C1=O. The summed E-state index contributed by atoms with van der Waals surface area (Å²) in [5.74, 6) is -0.415. The predicted octanol–water partition coefficient (Wildman–Crippen LogP) is 1.43. The third-order valence-corrected chi connectivity index (χ3v) is 2.55. The Labute approximate surface area is 87.5 Å².